The van der Waals surface area contributed by atoms with Crippen LogP contribution in [0, 0.1) is 12.8 Å². The monoisotopic (exact) mass is 496 g/mol. The van der Waals surface area contributed by atoms with Gasteiger partial charge in [0.05, 0.1) is 24.5 Å². The molecule has 1 atom stereocenters. The molecule has 1 aliphatic rings. The summed E-state index contributed by atoms with van der Waals surface area (Å²) in [5.74, 6) is 1.89. The van der Waals surface area contributed by atoms with Gasteiger partial charge in [0.2, 0.25) is 11.7 Å². The number of piperidine rings is 1. The number of thioether (sulfide) groups is 1. The summed E-state index contributed by atoms with van der Waals surface area (Å²) in [4.78, 5) is 26.6. The Balaban J connectivity index is 1.31. The van der Waals surface area contributed by atoms with Crippen molar-refractivity contribution in [2.45, 2.75) is 51.1 Å². The predicted molar refractivity (Wildman–Crippen MR) is 134 cm³/mol. The maximum Gasteiger partial charge on any atom is 0.310 e. The van der Waals surface area contributed by atoms with Crippen molar-refractivity contribution in [2.24, 2.45) is 5.92 Å². The highest BCUT2D eigenvalue weighted by molar-refractivity contribution is 7.99. The van der Waals surface area contributed by atoms with Gasteiger partial charge in [-0.3, -0.25) is 14.2 Å². The van der Waals surface area contributed by atoms with Crippen molar-refractivity contribution in [3.8, 4) is 17.3 Å². The molecule has 186 valence electrons. The molecule has 8 nitrogen and oxygen atoms in total. The minimum Gasteiger partial charge on any atom is -0.466 e. The van der Waals surface area contributed by atoms with Gasteiger partial charge in [0.1, 0.15) is 0 Å². The average Bonchev–Trinajstić information content (AvgIpc) is 3.54. The van der Waals surface area contributed by atoms with Crippen LogP contribution >= 0.6 is 11.8 Å². The van der Waals surface area contributed by atoms with E-state index >= 15 is 0 Å². The highest BCUT2D eigenvalue weighted by atomic mass is 32.2. The zero-order valence-corrected chi connectivity index (χ0v) is 21.1. The molecule has 1 aliphatic heterocycles. The van der Waals surface area contributed by atoms with E-state index in [-0.39, 0.29) is 17.8 Å². The predicted octanol–water partition coefficient (Wildman–Crippen LogP) is 4.90. The van der Waals surface area contributed by atoms with Crippen molar-refractivity contribution in [1.82, 2.24) is 19.7 Å². The smallest absolute Gasteiger partial charge is 0.310 e. The second kappa shape index (κ2) is 12.1. The number of aromatic nitrogens is 3. The van der Waals surface area contributed by atoms with E-state index in [1.807, 2.05) is 40.7 Å². The van der Waals surface area contributed by atoms with Crippen LogP contribution in [-0.4, -0.2) is 57.0 Å². The number of unbranched alkanes of at least 4 members (excludes halogenated alkanes) is 1. The Hall–Kier alpha value is -3.07. The Kier molecular flexibility index (Phi) is 8.63. The first-order valence-electron chi connectivity index (χ1n) is 12.2. The number of hydrogen-bond donors (Lipinski definition) is 0. The van der Waals surface area contributed by atoms with Crippen LogP contribution in [-0.2, 0) is 14.3 Å². The lowest BCUT2D eigenvalue weighted by molar-refractivity contribution is -0.151. The number of amides is 1. The van der Waals surface area contributed by atoms with E-state index in [0.717, 1.165) is 54.4 Å². The molecule has 0 spiro atoms. The van der Waals surface area contributed by atoms with Gasteiger partial charge in [-0.05, 0) is 69.4 Å². The van der Waals surface area contributed by atoms with Crippen LogP contribution in [0.4, 0.5) is 0 Å². The van der Waals surface area contributed by atoms with Crippen molar-refractivity contribution in [3.05, 3.63) is 48.2 Å². The van der Waals surface area contributed by atoms with Crippen LogP contribution < -0.4 is 0 Å². The molecular formula is C26H32N4O4S. The highest BCUT2D eigenvalue weighted by Crippen LogP contribution is 2.29. The van der Waals surface area contributed by atoms with Crippen molar-refractivity contribution in [3.63, 3.8) is 0 Å². The Morgan fingerprint density at radius 3 is 2.86 bits per heavy atom. The maximum atomic E-state index is 12.7. The SMILES string of the molecule is CCOC(=O)C1CCCN(C(=O)CCCCSc2nnc(-c3ccco3)n2-c2cccc(C)c2)C1. The largest absolute Gasteiger partial charge is 0.466 e. The van der Waals surface area contributed by atoms with Gasteiger partial charge >= 0.3 is 5.97 Å². The maximum absolute atomic E-state index is 12.7. The Bertz CT molecular complexity index is 1130. The average molecular weight is 497 g/mol. The molecule has 9 heteroatoms. The van der Waals surface area contributed by atoms with Gasteiger partial charge in [-0.2, -0.15) is 0 Å². The molecule has 1 fully saturated rings. The molecule has 2 aromatic heterocycles. The fourth-order valence-electron chi connectivity index (χ4n) is 4.28. The molecular weight excluding hydrogens is 464 g/mol. The Labute approximate surface area is 210 Å². The molecule has 0 radical (unpaired) electrons. The summed E-state index contributed by atoms with van der Waals surface area (Å²) in [6.07, 6.45) is 5.42. The molecule has 0 aliphatic carbocycles. The fourth-order valence-corrected chi connectivity index (χ4v) is 5.24. The van der Waals surface area contributed by atoms with E-state index in [9.17, 15) is 9.59 Å². The lowest BCUT2D eigenvalue weighted by Crippen LogP contribution is -2.42. The first kappa shape index (κ1) is 25.0. The van der Waals surface area contributed by atoms with E-state index < -0.39 is 0 Å². The third kappa shape index (κ3) is 6.33. The van der Waals surface area contributed by atoms with Crippen molar-refractivity contribution < 1.29 is 18.7 Å². The van der Waals surface area contributed by atoms with E-state index in [2.05, 4.69) is 29.3 Å². The first-order valence-corrected chi connectivity index (χ1v) is 13.2. The van der Waals surface area contributed by atoms with Crippen LogP contribution in [0.25, 0.3) is 17.3 Å². The minimum atomic E-state index is -0.195. The number of nitrogens with zero attached hydrogens (tertiary/aromatic N) is 4. The van der Waals surface area contributed by atoms with E-state index in [4.69, 9.17) is 9.15 Å². The molecule has 0 bridgehead atoms. The number of carbonyl (C=O) groups excluding carboxylic acids is 2. The van der Waals surface area contributed by atoms with Gasteiger partial charge in [-0.25, -0.2) is 0 Å². The summed E-state index contributed by atoms with van der Waals surface area (Å²) in [5, 5.41) is 9.60. The summed E-state index contributed by atoms with van der Waals surface area (Å²) < 4.78 is 12.7. The van der Waals surface area contributed by atoms with Crippen LogP contribution in [0.5, 0.6) is 0 Å². The second-order valence-corrected chi connectivity index (χ2v) is 9.76. The molecule has 1 unspecified atom stereocenters. The summed E-state index contributed by atoms with van der Waals surface area (Å²) in [6.45, 7) is 5.44. The zero-order valence-electron chi connectivity index (χ0n) is 20.3. The number of benzene rings is 1. The molecule has 3 heterocycles. The molecule has 1 aromatic carbocycles. The molecule has 3 aromatic rings. The van der Waals surface area contributed by atoms with Gasteiger partial charge < -0.3 is 14.1 Å². The number of likely N-dealkylation sites (tertiary alicyclic amines) is 1. The van der Waals surface area contributed by atoms with Gasteiger partial charge in [-0.1, -0.05) is 23.9 Å². The standard InChI is InChI=1S/C26H32N4O4S/c1-3-33-25(32)20-10-7-14-29(18-20)23(31)13-4-5-16-35-26-28-27-24(22-12-8-15-34-22)30(26)21-11-6-9-19(2)17-21/h6,8-9,11-12,15,17,20H,3-5,7,10,13-14,16,18H2,1-2H3. The molecule has 0 N–H and O–H groups in total. The summed E-state index contributed by atoms with van der Waals surface area (Å²) in [6, 6.07) is 11.9. The summed E-state index contributed by atoms with van der Waals surface area (Å²) in [7, 11) is 0. The lowest BCUT2D eigenvalue weighted by atomic mass is 9.98. The fraction of sp³-hybridized carbons (Fsp3) is 0.462. The van der Waals surface area contributed by atoms with E-state index in [1.165, 1.54) is 0 Å². The van der Waals surface area contributed by atoms with E-state index in [1.54, 1.807) is 18.0 Å². The number of ether oxygens (including phenoxy) is 1. The number of hydrogen-bond acceptors (Lipinski definition) is 7. The second-order valence-electron chi connectivity index (χ2n) is 8.69. The Morgan fingerprint density at radius 2 is 2.09 bits per heavy atom. The molecule has 1 saturated heterocycles. The molecule has 1 amide bonds. The van der Waals surface area contributed by atoms with E-state index in [0.29, 0.717) is 31.2 Å². The van der Waals surface area contributed by atoms with Crippen LogP contribution in [0.2, 0.25) is 0 Å². The number of esters is 1. The molecule has 0 saturated carbocycles. The lowest BCUT2D eigenvalue weighted by Gasteiger charge is -2.31. The summed E-state index contributed by atoms with van der Waals surface area (Å²) >= 11 is 1.62. The third-order valence-electron chi connectivity index (χ3n) is 6.04. The summed E-state index contributed by atoms with van der Waals surface area (Å²) in [5.41, 5.74) is 2.14. The highest BCUT2D eigenvalue weighted by Gasteiger charge is 2.29. The van der Waals surface area contributed by atoms with Gasteiger partial charge in [0.15, 0.2) is 10.9 Å². The van der Waals surface area contributed by atoms with Gasteiger partial charge in [0.25, 0.3) is 0 Å². The van der Waals surface area contributed by atoms with Crippen LogP contribution in [0.3, 0.4) is 0 Å². The molecule has 4 rings (SSSR count). The van der Waals surface area contributed by atoms with Gasteiger partial charge in [-0.15, -0.1) is 10.2 Å². The first-order chi connectivity index (χ1) is 17.1. The minimum absolute atomic E-state index is 0.118. The number of rotatable bonds is 10. The van der Waals surface area contributed by atoms with Crippen LogP contribution in [0.15, 0.2) is 52.2 Å². The number of carbonyl (C=O) groups is 2. The van der Waals surface area contributed by atoms with Crippen molar-refractivity contribution in [1.29, 1.82) is 0 Å². The number of furan rings is 1. The zero-order chi connectivity index (χ0) is 24.6. The third-order valence-corrected chi connectivity index (χ3v) is 7.06. The topological polar surface area (TPSA) is 90.5 Å². The van der Waals surface area contributed by atoms with Crippen molar-refractivity contribution >= 4 is 23.6 Å². The quantitative estimate of drug-likeness (QED) is 0.224. The van der Waals surface area contributed by atoms with Crippen molar-refractivity contribution in [2.75, 3.05) is 25.4 Å². The van der Waals surface area contributed by atoms with Crippen LogP contribution in [0.1, 0.15) is 44.6 Å². The number of aryl methyl sites for hydroxylation is 1. The normalized spacial score (nSPS) is 15.8. The van der Waals surface area contributed by atoms with Gasteiger partial charge in [0, 0.05) is 25.3 Å². The molecule has 35 heavy (non-hydrogen) atoms. The Morgan fingerprint density at radius 1 is 1.20 bits per heavy atom.